The van der Waals surface area contributed by atoms with Gasteiger partial charge in [-0.3, -0.25) is 14.9 Å². The van der Waals surface area contributed by atoms with Crippen LogP contribution in [0.2, 0.25) is 0 Å². The average molecular weight is 386 g/mol. The second kappa shape index (κ2) is 9.96. The lowest BCUT2D eigenvalue weighted by Gasteiger charge is -2.11. The van der Waals surface area contributed by atoms with E-state index in [-0.39, 0.29) is 11.4 Å². The highest BCUT2D eigenvalue weighted by atomic mass is 16.6. The van der Waals surface area contributed by atoms with Crippen molar-refractivity contribution in [1.82, 2.24) is 0 Å². The molecule has 0 saturated heterocycles. The van der Waals surface area contributed by atoms with E-state index in [0.29, 0.717) is 30.5 Å². The minimum absolute atomic E-state index is 0.0853. The van der Waals surface area contributed by atoms with E-state index in [1.54, 1.807) is 24.3 Å². The molecule has 0 fully saturated rings. The zero-order chi connectivity index (χ0) is 20.5. The number of ether oxygens (including phenoxy) is 3. The van der Waals surface area contributed by atoms with Gasteiger partial charge < -0.3 is 19.5 Å². The predicted octanol–water partition coefficient (Wildman–Crippen LogP) is 4.05. The number of benzene rings is 2. The quantitative estimate of drug-likeness (QED) is 0.396. The summed E-state index contributed by atoms with van der Waals surface area (Å²) in [7, 11) is 1.41. The number of nitro groups is 1. The van der Waals surface area contributed by atoms with Gasteiger partial charge in [-0.2, -0.15) is 0 Å². The molecule has 0 radical (unpaired) electrons. The smallest absolute Gasteiger partial charge is 0.296 e. The summed E-state index contributed by atoms with van der Waals surface area (Å²) in [5, 5.41) is 13.7. The van der Waals surface area contributed by atoms with E-state index in [9.17, 15) is 14.9 Å². The molecule has 2 aromatic carbocycles. The number of carbonyl (C=O) groups is 1. The van der Waals surface area contributed by atoms with Gasteiger partial charge in [-0.25, -0.2) is 0 Å². The Kier molecular flexibility index (Phi) is 7.38. The minimum atomic E-state index is -0.581. The molecular formula is C20H22N2O6. The highest BCUT2D eigenvalue weighted by Crippen LogP contribution is 2.30. The molecular weight excluding hydrogens is 364 g/mol. The van der Waals surface area contributed by atoms with Crippen molar-refractivity contribution in [3.8, 4) is 17.2 Å². The Morgan fingerprint density at radius 1 is 1.11 bits per heavy atom. The van der Waals surface area contributed by atoms with Crippen molar-refractivity contribution in [3.63, 3.8) is 0 Å². The maximum Gasteiger partial charge on any atom is 0.296 e. The molecule has 0 aliphatic heterocycles. The first kappa shape index (κ1) is 20.8. The predicted molar refractivity (Wildman–Crippen MR) is 106 cm³/mol. The van der Waals surface area contributed by atoms with Gasteiger partial charge in [-0.05, 0) is 49.8 Å². The highest BCUT2D eigenvalue weighted by Gasteiger charge is 2.16. The van der Waals surface area contributed by atoms with Crippen molar-refractivity contribution >= 4 is 23.4 Å². The molecule has 8 heteroatoms. The van der Waals surface area contributed by atoms with Gasteiger partial charge in [-0.1, -0.05) is 6.07 Å². The summed E-state index contributed by atoms with van der Waals surface area (Å²) in [5.41, 5.74) is 0.564. The molecule has 0 aliphatic rings. The van der Waals surface area contributed by atoms with E-state index in [1.807, 2.05) is 13.8 Å². The fraction of sp³-hybridized carbons (Fsp3) is 0.250. The third-order valence-electron chi connectivity index (χ3n) is 3.65. The van der Waals surface area contributed by atoms with Gasteiger partial charge in [-0.15, -0.1) is 0 Å². The zero-order valence-corrected chi connectivity index (χ0v) is 15.9. The van der Waals surface area contributed by atoms with Crippen molar-refractivity contribution in [3.05, 3.63) is 58.2 Å². The van der Waals surface area contributed by atoms with Crippen molar-refractivity contribution in [2.75, 3.05) is 25.6 Å². The number of nitrogens with one attached hydrogen (secondary N) is 1. The summed E-state index contributed by atoms with van der Waals surface area (Å²) in [6, 6.07) is 9.52. The summed E-state index contributed by atoms with van der Waals surface area (Å²) < 4.78 is 16.0. The molecule has 8 nitrogen and oxygen atoms in total. The molecule has 148 valence electrons. The number of amides is 1. The van der Waals surface area contributed by atoms with Gasteiger partial charge in [0.2, 0.25) is 5.91 Å². The van der Waals surface area contributed by atoms with Crippen LogP contribution in [0, 0.1) is 10.1 Å². The Labute approximate surface area is 162 Å². The summed E-state index contributed by atoms with van der Waals surface area (Å²) in [6.45, 7) is 4.74. The summed E-state index contributed by atoms with van der Waals surface area (Å²) in [6.07, 6.45) is 2.88. The molecule has 0 spiro atoms. The lowest BCUT2D eigenvalue weighted by Crippen LogP contribution is -2.09. The zero-order valence-electron chi connectivity index (χ0n) is 15.9. The normalized spacial score (nSPS) is 10.5. The van der Waals surface area contributed by atoms with Crippen LogP contribution in [0.5, 0.6) is 17.2 Å². The van der Waals surface area contributed by atoms with Crippen LogP contribution in [0.4, 0.5) is 11.4 Å². The maximum atomic E-state index is 12.2. The Morgan fingerprint density at radius 3 is 2.46 bits per heavy atom. The van der Waals surface area contributed by atoms with Crippen LogP contribution in [0.1, 0.15) is 19.4 Å². The van der Waals surface area contributed by atoms with Crippen LogP contribution in [0.3, 0.4) is 0 Å². The van der Waals surface area contributed by atoms with Crippen LogP contribution in [0.15, 0.2) is 42.5 Å². The number of hydrogen-bond acceptors (Lipinski definition) is 6. The third-order valence-corrected chi connectivity index (χ3v) is 3.65. The Bertz CT molecular complexity index is 879. The molecule has 0 bridgehead atoms. The van der Waals surface area contributed by atoms with Gasteiger partial charge in [0, 0.05) is 6.08 Å². The van der Waals surface area contributed by atoms with Crippen molar-refractivity contribution < 1.29 is 23.9 Å². The fourth-order valence-corrected chi connectivity index (χ4v) is 2.41. The second-order valence-electron chi connectivity index (χ2n) is 5.53. The molecule has 0 unspecified atom stereocenters. The van der Waals surface area contributed by atoms with Crippen LogP contribution in [-0.4, -0.2) is 31.2 Å². The molecule has 1 N–H and O–H groups in total. The van der Waals surface area contributed by atoms with Crippen molar-refractivity contribution in [2.24, 2.45) is 0 Å². The molecule has 0 heterocycles. The summed E-state index contributed by atoms with van der Waals surface area (Å²) in [5.74, 6) is 1.04. The van der Waals surface area contributed by atoms with Crippen molar-refractivity contribution in [2.45, 2.75) is 13.8 Å². The van der Waals surface area contributed by atoms with Crippen LogP contribution >= 0.6 is 0 Å². The van der Waals surface area contributed by atoms with Crippen LogP contribution in [-0.2, 0) is 4.79 Å². The second-order valence-corrected chi connectivity index (χ2v) is 5.53. The van der Waals surface area contributed by atoms with E-state index in [1.165, 1.54) is 31.4 Å². The first-order valence-electron chi connectivity index (χ1n) is 8.69. The Hall–Kier alpha value is -3.55. The number of hydrogen-bond donors (Lipinski definition) is 1. The largest absolute Gasteiger partial charge is 0.496 e. The minimum Gasteiger partial charge on any atom is -0.496 e. The topological polar surface area (TPSA) is 99.9 Å². The van der Waals surface area contributed by atoms with E-state index in [0.717, 1.165) is 5.56 Å². The SMILES string of the molecule is CCOc1ccc(C=CC(=O)Nc2ccc(OC)cc2[N+](=O)[O-])cc1OCC. The number of nitrogens with zero attached hydrogens (tertiary/aromatic N) is 1. The summed E-state index contributed by atoms with van der Waals surface area (Å²) >= 11 is 0. The lowest BCUT2D eigenvalue weighted by molar-refractivity contribution is -0.384. The molecule has 0 aromatic heterocycles. The van der Waals surface area contributed by atoms with E-state index < -0.39 is 10.8 Å². The van der Waals surface area contributed by atoms with Gasteiger partial charge >= 0.3 is 0 Å². The highest BCUT2D eigenvalue weighted by molar-refractivity contribution is 6.03. The maximum absolute atomic E-state index is 12.2. The monoisotopic (exact) mass is 386 g/mol. The molecule has 2 rings (SSSR count). The van der Waals surface area contributed by atoms with E-state index in [4.69, 9.17) is 14.2 Å². The standard InChI is InChI=1S/C20H22N2O6/c1-4-27-18-10-6-14(12-19(18)28-5-2)7-11-20(23)21-16-9-8-15(26-3)13-17(16)22(24)25/h6-13H,4-5H2,1-3H3,(H,21,23). The van der Waals surface area contributed by atoms with Crippen LogP contribution in [0.25, 0.3) is 6.08 Å². The Morgan fingerprint density at radius 2 is 1.82 bits per heavy atom. The summed E-state index contributed by atoms with van der Waals surface area (Å²) in [4.78, 5) is 22.8. The number of methoxy groups -OCH3 is 1. The number of anilines is 1. The first-order chi connectivity index (χ1) is 13.5. The van der Waals surface area contributed by atoms with Gasteiger partial charge in [0.1, 0.15) is 11.4 Å². The van der Waals surface area contributed by atoms with E-state index >= 15 is 0 Å². The number of nitro benzene ring substituents is 1. The first-order valence-corrected chi connectivity index (χ1v) is 8.69. The number of carbonyl (C=O) groups excluding carboxylic acids is 1. The van der Waals surface area contributed by atoms with Crippen molar-refractivity contribution in [1.29, 1.82) is 0 Å². The van der Waals surface area contributed by atoms with E-state index in [2.05, 4.69) is 5.32 Å². The van der Waals surface area contributed by atoms with Gasteiger partial charge in [0.05, 0.1) is 31.3 Å². The number of rotatable bonds is 9. The molecule has 1 amide bonds. The molecule has 0 saturated carbocycles. The van der Waals surface area contributed by atoms with Gasteiger partial charge in [0.15, 0.2) is 11.5 Å². The average Bonchev–Trinajstić information content (AvgIpc) is 2.68. The van der Waals surface area contributed by atoms with Gasteiger partial charge in [0.25, 0.3) is 5.69 Å². The molecule has 28 heavy (non-hydrogen) atoms. The fourth-order valence-electron chi connectivity index (χ4n) is 2.41. The Balaban J connectivity index is 2.16. The molecule has 0 atom stereocenters. The molecule has 2 aromatic rings. The van der Waals surface area contributed by atoms with Crippen LogP contribution < -0.4 is 19.5 Å². The lowest BCUT2D eigenvalue weighted by atomic mass is 10.2. The molecule has 0 aliphatic carbocycles. The third kappa shape index (κ3) is 5.47.